The summed E-state index contributed by atoms with van der Waals surface area (Å²) in [5, 5.41) is 0. The van der Waals surface area contributed by atoms with Crippen LogP contribution in [0.5, 0.6) is 0 Å². The molecule has 4 nitrogen and oxygen atoms in total. The molecule has 0 spiro atoms. The molecule has 0 radical (unpaired) electrons. The van der Waals surface area contributed by atoms with Crippen LogP contribution in [0.15, 0.2) is 22.7 Å². The zero-order chi connectivity index (χ0) is 14.9. The smallest absolute Gasteiger partial charge is 0.342 e. The van der Waals surface area contributed by atoms with Crippen molar-refractivity contribution in [2.24, 2.45) is 0 Å². The predicted molar refractivity (Wildman–Crippen MR) is 78.6 cm³/mol. The van der Waals surface area contributed by atoms with Gasteiger partial charge in [-0.2, -0.15) is 0 Å². The highest BCUT2D eigenvalue weighted by Crippen LogP contribution is 2.28. The van der Waals surface area contributed by atoms with E-state index in [1.807, 2.05) is 0 Å². The van der Waals surface area contributed by atoms with Crippen molar-refractivity contribution in [2.75, 3.05) is 7.11 Å². The highest BCUT2D eigenvalue weighted by atomic mass is 79.9. The molecule has 1 heterocycles. The van der Waals surface area contributed by atoms with E-state index in [2.05, 4.69) is 30.6 Å². The maximum absolute atomic E-state index is 13.9. The van der Waals surface area contributed by atoms with Gasteiger partial charge >= 0.3 is 5.97 Å². The summed E-state index contributed by atoms with van der Waals surface area (Å²) in [5.41, 5.74) is 0.916. The SMILES string of the molecule is COC(=O)c1c(C)[nH]c(-c2c(F)cccc2Br)nc1=S. The number of aromatic nitrogens is 2. The Labute approximate surface area is 128 Å². The molecule has 0 aliphatic rings. The summed E-state index contributed by atoms with van der Waals surface area (Å²) in [6.07, 6.45) is 0. The molecule has 20 heavy (non-hydrogen) atoms. The van der Waals surface area contributed by atoms with Crippen LogP contribution in [0.4, 0.5) is 4.39 Å². The molecule has 0 aliphatic heterocycles. The Morgan fingerprint density at radius 1 is 1.50 bits per heavy atom. The Morgan fingerprint density at radius 2 is 2.20 bits per heavy atom. The van der Waals surface area contributed by atoms with E-state index in [1.165, 1.54) is 13.2 Å². The molecule has 7 heteroatoms. The molecule has 0 amide bonds. The number of H-pyrrole nitrogens is 1. The lowest BCUT2D eigenvalue weighted by Gasteiger charge is -2.09. The molecule has 1 aromatic carbocycles. The van der Waals surface area contributed by atoms with Gasteiger partial charge in [-0.05, 0) is 35.0 Å². The van der Waals surface area contributed by atoms with Gasteiger partial charge in [0.2, 0.25) is 0 Å². The minimum Gasteiger partial charge on any atom is -0.465 e. The zero-order valence-electron chi connectivity index (χ0n) is 10.7. The molecule has 0 saturated heterocycles. The molecule has 0 atom stereocenters. The number of nitrogens with one attached hydrogen (secondary N) is 1. The summed E-state index contributed by atoms with van der Waals surface area (Å²) in [6.45, 7) is 1.65. The van der Waals surface area contributed by atoms with E-state index in [4.69, 9.17) is 12.2 Å². The first kappa shape index (κ1) is 14.8. The Morgan fingerprint density at radius 3 is 2.75 bits per heavy atom. The van der Waals surface area contributed by atoms with Crippen LogP contribution in [0.1, 0.15) is 16.1 Å². The third-order valence-corrected chi connectivity index (χ3v) is 3.65. The zero-order valence-corrected chi connectivity index (χ0v) is 13.1. The van der Waals surface area contributed by atoms with Crippen molar-refractivity contribution in [2.45, 2.75) is 6.92 Å². The summed E-state index contributed by atoms with van der Waals surface area (Å²) in [6, 6.07) is 4.59. The number of carbonyl (C=O) groups is 1. The third kappa shape index (κ3) is 2.64. The number of aryl methyl sites for hydroxylation is 1. The number of carbonyl (C=O) groups excluding carboxylic acids is 1. The number of benzene rings is 1. The van der Waals surface area contributed by atoms with Crippen LogP contribution < -0.4 is 0 Å². The number of hydrogen-bond acceptors (Lipinski definition) is 4. The molecule has 104 valence electrons. The molecule has 2 rings (SSSR count). The van der Waals surface area contributed by atoms with Crippen molar-refractivity contribution in [1.29, 1.82) is 0 Å². The maximum Gasteiger partial charge on any atom is 0.342 e. The van der Waals surface area contributed by atoms with Crippen LogP contribution in [0.3, 0.4) is 0 Å². The molecule has 0 aliphatic carbocycles. The highest BCUT2D eigenvalue weighted by molar-refractivity contribution is 9.10. The van der Waals surface area contributed by atoms with Crippen molar-refractivity contribution < 1.29 is 13.9 Å². The van der Waals surface area contributed by atoms with E-state index < -0.39 is 11.8 Å². The van der Waals surface area contributed by atoms with Crippen LogP contribution >= 0.6 is 28.1 Å². The monoisotopic (exact) mass is 356 g/mol. The van der Waals surface area contributed by atoms with Crippen molar-refractivity contribution in [3.63, 3.8) is 0 Å². The Kier molecular flexibility index (Phi) is 4.29. The first-order chi connectivity index (χ1) is 9.45. The van der Waals surface area contributed by atoms with Crippen LogP contribution in [-0.2, 0) is 4.74 Å². The number of ether oxygens (including phenoxy) is 1. The lowest BCUT2D eigenvalue weighted by atomic mass is 10.1. The van der Waals surface area contributed by atoms with E-state index in [9.17, 15) is 9.18 Å². The van der Waals surface area contributed by atoms with Gasteiger partial charge in [-0.25, -0.2) is 14.2 Å². The second kappa shape index (κ2) is 5.80. The molecule has 0 fully saturated rings. The molecule has 2 aromatic rings. The lowest BCUT2D eigenvalue weighted by molar-refractivity contribution is 0.0598. The number of rotatable bonds is 2. The van der Waals surface area contributed by atoms with Gasteiger partial charge in [-0.1, -0.05) is 18.3 Å². The summed E-state index contributed by atoms with van der Waals surface area (Å²) in [4.78, 5) is 18.6. The normalized spacial score (nSPS) is 10.4. The van der Waals surface area contributed by atoms with Gasteiger partial charge in [0.25, 0.3) is 0 Å². The first-order valence-corrected chi connectivity index (χ1v) is 6.79. The van der Waals surface area contributed by atoms with Crippen molar-refractivity contribution >= 4 is 34.1 Å². The topological polar surface area (TPSA) is 55.0 Å². The van der Waals surface area contributed by atoms with Gasteiger partial charge < -0.3 is 9.72 Å². The van der Waals surface area contributed by atoms with Gasteiger partial charge in [-0.15, -0.1) is 0 Å². The maximum atomic E-state index is 13.9. The van der Waals surface area contributed by atoms with E-state index in [0.717, 1.165) is 0 Å². The summed E-state index contributed by atoms with van der Waals surface area (Å²) in [5.74, 6) is -0.761. The van der Waals surface area contributed by atoms with Crippen LogP contribution in [-0.4, -0.2) is 23.0 Å². The Bertz CT molecular complexity index is 725. The molecular formula is C13H10BrFN2O2S. The number of halogens is 2. The molecule has 0 unspecified atom stereocenters. The Balaban J connectivity index is 2.68. The summed E-state index contributed by atoms with van der Waals surface area (Å²) in [7, 11) is 1.26. The number of methoxy groups -OCH3 is 1. The average molecular weight is 357 g/mol. The summed E-state index contributed by atoms with van der Waals surface area (Å²) < 4.78 is 19.2. The quantitative estimate of drug-likeness (QED) is 0.656. The second-order valence-corrected chi connectivity index (χ2v) is 5.22. The molecule has 0 bridgehead atoms. The van der Waals surface area contributed by atoms with Gasteiger partial charge in [0, 0.05) is 10.2 Å². The van der Waals surface area contributed by atoms with Gasteiger partial charge in [0.1, 0.15) is 21.8 Å². The lowest BCUT2D eigenvalue weighted by Crippen LogP contribution is -2.09. The standard InChI is InChI=1S/C13H10BrFN2O2S/c1-6-9(13(18)19-2)12(20)17-11(16-6)10-7(14)4-3-5-8(10)15/h3-5H,1-2H3,(H,16,17,20). The number of nitrogens with zero attached hydrogens (tertiary/aromatic N) is 1. The van der Waals surface area contributed by atoms with Gasteiger partial charge in [0.15, 0.2) is 0 Å². The average Bonchev–Trinajstić information content (AvgIpc) is 2.37. The molecule has 0 saturated carbocycles. The number of hydrogen-bond donors (Lipinski definition) is 1. The van der Waals surface area contributed by atoms with Crippen LogP contribution in [0.25, 0.3) is 11.4 Å². The molecule has 1 N–H and O–H groups in total. The largest absolute Gasteiger partial charge is 0.465 e. The predicted octanol–water partition coefficient (Wildman–Crippen LogP) is 3.80. The van der Waals surface area contributed by atoms with Crippen LogP contribution in [0, 0.1) is 17.4 Å². The molecule has 1 aromatic heterocycles. The first-order valence-electron chi connectivity index (χ1n) is 5.59. The van der Waals surface area contributed by atoms with Crippen molar-refractivity contribution in [3.05, 3.63) is 44.4 Å². The minimum atomic E-state index is -0.574. The highest BCUT2D eigenvalue weighted by Gasteiger charge is 2.17. The summed E-state index contributed by atoms with van der Waals surface area (Å²) >= 11 is 8.35. The van der Waals surface area contributed by atoms with E-state index in [-0.39, 0.29) is 21.6 Å². The molecular weight excluding hydrogens is 347 g/mol. The number of esters is 1. The van der Waals surface area contributed by atoms with Crippen molar-refractivity contribution in [3.8, 4) is 11.4 Å². The fourth-order valence-electron chi connectivity index (χ4n) is 1.77. The van der Waals surface area contributed by atoms with Gasteiger partial charge in [0.05, 0.1) is 12.7 Å². The Hall–Kier alpha value is -1.60. The van der Waals surface area contributed by atoms with Crippen molar-refractivity contribution in [1.82, 2.24) is 9.97 Å². The van der Waals surface area contributed by atoms with E-state index in [0.29, 0.717) is 10.2 Å². The number of aromatic amines is 1. The van der Waals surface area contributed by atoms with Crippen LogP contribution in [0.2, 0.25) is 0 Å². The second-order valence-electron chi connectivity index (χ2n) is 3.98. The third-order valence-electron chi connectivity index (χ3n) is 2.70. The fraction of sp³-hybridized carbons (Fsp3) is 0.154. The van der Waals surface area contributed by atoms with Gasteiger partial charge in [-0.3, -0.25) is 0 Å². The minimum absolute atomic E-state index is 0.0678. The van der Waals surface area contributed by atoms with E-state index in [1.54, 1.807) is 19.1 Å². The fourth-order valence-corrected chi connectivity index (χ4v) is 2.63. The van der Waals surface area contributed by atoms with E-state index >= 15 is 0 Å².